The number of para-hydroxylation sites is 1. The number of methoxy groups -OCH3 is 1. The predicted molar refractivity (Wildman–Crippen MR) is 106 cm³/mol. The van der Waals surface area contributed by atoms with E-state index in [1.165, 1.54) is 19.2 Å². The highest BCUT2D eigenvalue weighted by molar-refractivity contribution is 6.31. The summed E-state index contributed by atoms with van der Waals surface area (Å²) in [7, 11) is 1.34. The summed E-state index contributed by atoms with van der Waals surface area (Å²) in [6, 6.07) is 12.5. The van der Waals surface area contributed by atoms with Crippen LogP contribution in [-0.2, 0) is 14.3 Å². The van der Waals surface area contributed by atoms with Gasteiger partial charge in [0.25, 0.3) is 5.91 Å². The quantitative estimate of drug-likeness (QED) is 0.672. The van der Waals surface area contributed by atoms with E-state index < -0.39 is 17.8 Å². The van der Waals surface area contributed by atoms with E-state index >= 15 is 0 Å². The van der Waals surface area contributed by atoms with Crippen LogP contribution in [0.25, 0.3) is 0 Å². The van der Waals surface area contributed by atoms with Crippen molar-refractivity contribution in [1.29, 1.82) is 0 Å². The first-order valence-electron chi connectivity index (χ1n) is 9.22. The van der Waals surface area contributed by atoms with Gasteiger partial charge in [-0.1, -0.05) is 41.9 Å². The van der Waals surface area contributed by atoms with Crippen LogP contribution in [0, 0.1) is 5.82 Å². The van der Waals surface area contributed by atoms with Crippen molar-refractivity contribution in [3.63, 3.8) is 0 Å². The molecule has 0 bridgehead atoms. The Labute approximate surface area is 173 Å². The zero-order valence-electron chi connectivity index (χ0n) is 16.0. The summed E-state index contributed by atoms with van der Waals surface area (Å²) in [6.45, 7) is 1.52. The molecule has 2 aromatic rings. The molecule has 1 aliphatic rings. The lowest BCUT2D eigenvalue weighted by molar-refractivity contribution is -0.148. The van der Waals surface area contributed by atoms with Gasteiger partial charge >= 0.3 is 5.97 Å². The molecule has 1 atom stereocenters. The van der Waals surface area contributed by atoms with Crippen molar-refractivity contribution < 1.29 is 23.5 Å². The van der Waals surface area contributed by atoms with E-state index in [0.29, 0.717) is 36.8 Å². The van der Waals surface area contributed by atoms with E-state index in [4.69, 9.17) is 21.1 Å². The number of esters is 1. The monoisotopic (exact) mass is 420 g/mol. The Morgan fingerprint density at radius 1 is 1.07 bits per heavy atom. The fraction of sp³-hybridized carbons (Fsp3) is 0.333. The first kappa shape index (κ1) is 21.1. The Balaban J connectivity index is 1.61. The molecular weight excluding hydrogens is 399 g/mol. The molecule has 0 aromatic heterocycles. The second-order valence-electron chi connectivity index (χ2n) is 6.58. The lowest BCUT2D eigenvalue weighted by Crippen LogP contribution is -2.52. The molecule has 6 nitrogen and oxygen atoms in total. The second kappa shape index (κ2) is 9.71. The standard InChI is InChI=1S/C21H22ClFN2O4/c1-28-21(27)20(15-6-2-3-7-16(15)22)25-12-10-24(11-13-25)19(26)14-29-18-9-5-4-8-17(18)23/h2-9,20H,10-14H2,1H3/t20-/m0/s1. The van der Waals surface area contributed by atoms with Gasteiger partial charge < -0.3 is 14.4 Å². The summed E-state index contributed by atoms with van der Waals surface area (Å²) in [4.78, 5) is 28.4. The summed E-state index contributed by atoms with van der Waals surface area (Å²) < 4.78 is 23.9. The largest absolute Gasteiger partial charge is 0.481 e. The van der Waals surface area contributed by atoms with Crippen molar-refractivity contribution in [2.45, 2.75) is 6.04 Å². The number of hydrogen-bond acceptors (Lipinski definition) is 5. The van der Waals surface area contributed by atoms with Gasteiger partial charge in [-0.3, -0.25) is 9.69 Å². The normalized spacial score (nSPS) is 15.6. The van der Waals surface area contributed by atoms with Gasteiger partial charge in [0.05, 0.1) is 7.11 Å². The van der Waals surface area contributed by atoms with Gasteiger partial charge in [0.15, 0.2) is 18.2 Å². The number of amides is 1. The van der Waals surface area contributed by atoms with E-state index in [-0.39, 0.29) is 18.3 Å². The summed E-state index contributed by atoms with van der Waals surface area (Å²) in [6.07, 6.45) is 0. The topological polar surface area (TPSA) is 59.1 Å². The smallest absolute Gasteiger partial charge is 0.327 e. The summed E-state index contributed by atoms with van der Waals surface area (Å²) >= 11 is 6.28. The third kappa shape index (κ3) is 5.05. The molecule has 154 valence electrons. The molecule has 29 heavy (non-hydrogen) atoms. The maximum absolute atomic E-state index is 13.6. The van der Waals surface area contributed by atoms with E-state index in [2.05, 4.69) is 0 Å². The molecule has 1 aliphatic heterocycles. The number of hydrogen-bond donors (Lipinski definition) is 0. The minimum atomic E-state index is -0.638. The number of carbonyl (C=O) groups excluding carboxylic acids is 2. The highest BCUT2D eigenvalue weighted by Crippen LogP contribution is 2.29. The lowest BCUT2D eigenvalue weighted by atomic mass is 10.0. The Hall–Kier alpha value is -2.64. The first-order valence-corrected chi connectivity index (χ1v) is 9.60. The van der Waals surface area contributed by atoms with Crippen LogP contribution in [0.1, 0.15) is 11.6 Å². The Morgan fingerprint density at radius 2 is 1.72 bits per heavy atom. The van der Waals surface area contributed by atoms with Crippen LogP contribution in [0.5, 0.6) is 5.75 Å². The van der Waals surface area contributed by atoms with Crippen LogP contribution < -0.4 is 4.74 Å². The molecule has 3 rings (SSSR count). The number of piperazine rings is 1. The van der Waals surface area contributed by atoms with Gasteiger partial charge in [0.1, 0.15) is 6.04 Å². The molecule has 0 spiro atoms. The summed E-state index contributed by atoms with van der Waals surface area (Å²) in [5, 5.41) is 0.486. The molecule has 1 amide bonds. The highest BCUT2D eigenvalue weighted by Gasteiger charge is 2.33. The van der Waals surface area contributed by atoms with Crippen LogP contribution in [0.4, 0.5) is 4.39 Å². The zero-order valence-corrected chi connectivity index (χ0v) is 16.8. The van der Waals surface area contributed by atoms with Gasteiger partial charge in [-0.05, 0) is 23.8 Å². The van der Waals surface area contributed by atoms with Crippen LogP contribution in [0.15, 0.2) is 48.5 Å². The third-order valence-electron chi connectivity index (χ3n) is 4.84. The van der Waals surface area contributed by atoms with Crippen LogP contribution in [-0.4, -0.2) is 61.6 Å². The summed E-state index contributed by atoms with van der Waals surface area (Å²) in [5.41, 5.74) is 0.670. The molecule has 0 aliphatic carbocycles. The van der Waals surface area contributed by atoms with Crippen molar-refractivity contribution in [3.05, 3.63) is 64.9 Å². The highest BCUT2D eigenvalue weighted by atomic mass is 35.5. The van der Waals surface area contributed by atoms with E-state index in [0.717, 1.165) is 0 Å². The van der Waals surface area contributed by atoms with Crippen LogP contribution in [0.2, 0.25) is 5.02 Å². The Bertz CT molecular complexity index is 871. The number of rotatable bonds is 6. The SMILES string of the molecule is COC(=O)[C@H](c1ccccc1Cl)N1CCN(C(=O)COc2ccccc2F)CC1. The van der Waals surface area contributed by atoms with Crippen LogP contribution in [0.3, 0.4) is 0 Å². The van der Waals surface area contributed by atoms with Crippen molar-refractivity contribution >= 4 is 23.5 Å². The fourth-order valence-electron chi connectivity index (χ4n) is 3.30. The summed E-state index contributed by atoms with van der Waals surface area (Å²) in [5.74, 6) is -1.10. The minimum absolute atomic E-state index is 0.0453. The van der Waals surface area contributed by atoms with E-state index in [1.54, 1.807) is 35.2 Å². The third-order valence-corrected chi connectivity index (χ3v) is 5.19. The lowest BCUT2D eigenvalue weighted by Gasteiger charge is -2.38. The Kier molecular flexibility index (Phi) is 7.06. The number of benzene rings is 2. The predicted octanol–water partition coefficient (Wildman–Crippen LogP) is 2.92. The molecule has 1 saturated heterocycles. The maximum Gasteiger partial charge on any atom is 0.327 e. The molecule has 2 aromatic carbocycles. The van der Waals surface area contributed by atoms with Crippen LogP contribution >= 0.6 is 11.6 Å². The van der Waals surface area contributed by atoms with E-state index in [1.807, 2.05) is 11.0 Å². The number of nitrogens with zero attached hydrogens (tertiary/aromatic N) is 2. The van der Waals surface area contributed by atoms with Gasteiger partial charge in [-0.15, -0.1) is 0 Å². The van der Waals surface area contributed by atoms with Crippen molar-refractivity contribution in [2.75, 3.05) is 39.9 Å². The number of halogens is 2. The van der Waals surface area contributed by atoms with Crippen molar-refractivity contribution in [1.82, 2.24) is 9.80 Å². The Morgan fingerprint density at radius 3 is 2.38 bits per heavy atom. The van der Waals surface area contributed by atoms with Gasteiger partial charge in [-0.2, -0.15) is 0 Å². The fourth-order valence-corrected chi connectivity index (χ4v) is 3.54. The molecule has 0 saturated carbocycles. The first-order chi connectivity index (χ1) is 14.0. The molecule has 8 heteroatoms. The van der Waals surface area contributed by atoms with E-state index in [9.17, 15) is 14.0 Å². The minimum Gasteiger partial charge on any atom is -0.481 e. The average molecular weight is 421 g/mol. The molecule has 1 fully saturated rings. The van der Waals surface area contributed by atoms with Crippen molar-refractivity contribution in [2.24, 2.45) is 0 Å². The number of ether oxygens (including phenoxy) is 2. The zero-order chi connectivity index (χ0) is 20.8. The van der Waals surface area contributed by atoms with Gasteiger partial charge in [-0.25, -0.2) is 9.18 Å². The maximum atomic E-state index is 13.6. The molecule has 0 radical (unpaired) electrons. The number of carbonyl (C=O) groups is 2. The van der Waals surface area contributed by atoms with Gasteiger partial charge in [0.2, 0.25) is 0 Å². The molecule has 0 unspecified atom stereocenters. The molecule has 1 heterocycles. The second-order valence-corrected chi connectivity index (χ2v) is 6.99. The van der Waals surface area contributed by atoms with Gasteiger partial charge in [0, 0.05) is 31.2 Å². The molecular formula is C21H22ClFN2O4. The van der Waals surface area contributed by atoms with Crippen molar-refractivity contribution in [3.8, 4) is 5.75 Å². The molecule has 0 N–H and O–H groups in total. The average Bonchev–Trinajstić information content (AvgIpc) is 2.74.